The van der Waals surface area contributed by atoms with Crippen LogP contribution in [-0.4, -0.2) is 55.5 Å². The first-order valence-electron chi connectivity index (χ1n) is 6.79. The van der Waals surface area contributed by atoms with Gasteiger partial charge in [-0.2, -0.15) is 0 Å². The van der Waals surface area contributed by atoms with Gasteiger partial charge in [-0.3, -0.25) is 19.3 Å². The van der Waals surface area contributed by atoms with Gasteiger partial charge in [0, 0.05) is 18.6 Å². The standard InChI is InChI=1S/C12H17NO5.C2H6/c1-10(14)4-6-17-8-9-18-7-5-13-11(15)2-3-12(13)16;1-2/h2-3H,4-9H2,1H3;1-2H3. The second-order valence-electron chi connectivity index (χ2n) is 3.84. The molecule has 0 saturated heterocycles. The number of rotatable bonds is 9. The summed E-state index contributed by atoms with van der Waals surface area (Å²) in [6.07, 6.45) is 2.89. The van der Waals surface area contributed by atoms with Gasteiger partial charge >= 0.3 is 0 Å². The molecule has 0 atom stereocenters. The Morgan fingerprint density at radius 3 is 2.00 bits per heavy atom. The molecule has 0 unspecified atom stereocenters. The fraction of sp³-hybridized carbons (Fsp3) is 0.643. The highest BCUT2D eigenvalue weighted by molar-refractivity contribution is 6.12. The first-order chi connectivity index (χ1) is 9.61. The van der Waals surface area contributed by atoms with Crippen LogP contribution in [-0.2, 0) is 23.9 Å². The third-order valence-corrected chi connectivity index (χ3v) is 2.33. The summed E-state index contributed by atoms with van der Waals surface area (Å²) in [5.41, 5.74) is 0. The Hall–Kier alpha value is -1.53. The zero-order valence-corrected chi connectivity index (χ0v) is 12.4. The summed E-state index contributed by atoms with van der Waals surface area (Å²) in [6.45, 7) is 7.21. The fourth-order valence-corrected chi connectivity index (χ4v) is 1.35. The predicted molar refractivity (Wildman–Crippen MR) is 74.1 cm³/mol. The van der Waals surface area contributed by atoms with Crippen molar-refractivity contribution in [2.75, 3.05) is 33.0 Å². The van der Waals surface area contributed by atoms with Gasteiger partial charge in [0.1, 0.15) is 5.78 Å². The summed E-state index contributed by atoms with van der Waals surface area (Å²) in [6, 6.07) is 0. The Morgan fingerprint density at radius 2 is 1.50 bits per heavy atom. The molecule has 2 amide bonds. The van der Waals surface area contributed by atoms with Crippen molar-refractivity contribution >= 4 is 17.6 Å². The molecule has 0 N–H and O–H groups in total. The third-order valence-electron chi connectivity index (χ3n) is 2.33. The topological polar surface area (TPSA) is 72.9 Å². The molecule has 0 aliphatic carbocycles. The molecule has 1 aliphatic rings. The number of hydrogen-bond donors (Lipinski definition) is 0. The Labute approximate surface area is 119 Å². The number of nitrogens with zero attached hydrogens (tertiary/aromatic N) is 1. The maximum absolute atomic E-state index is 11.2. The van der Waals surface area contributed by atoms with Gasteiger partial charge in [-0.15, -0.1) is 0 Å². The first kappa shape index (κ1) is 18.5. The molecule has 0 spiro atoms. The molecule has 1 heterocycles. The van der Waals surface area contributed by atoms with E-state index in [-0.39, 0.29) is 30.7 Å². The summed E-state index contributed by atoms with van der Waals surface area (Å²) in [7, 11) is 0. The van der Waals surface area contributed by atoms with Crippen molar-refractivity contribution in [3.63, 3.8) is 0 Å². The molecule has 0 aromatic rings. The molecule has 0 saturated carbocycles. The van der Waals surface area contributed by atoms with E-state index in [1.54, 1.807) is 0 Å². The average molecular weight is 285 g/mol. The molecule has 114 valence electrons. The molecule has 0 radical (unpaired) electrons. The minimum Gasteiger partial charge on any atom is -0.379 e. The maximum atomic E-state index is 11.2. The van der Waals surface area contributed by atoms with Crippen molar-refractivity contribution in [1.29, 1.82) is 0 Å². The van der Waals surface area contributed by atoms with Crippen LogP contribution in [0.1, 0.15) is 27.2 Å². The van der Waals surface area contributed by atoms with Crippen LogP contribution >= 0.6 is 0 Å². The van der Waals surface area contributed by atoms with Crippen molar-refractivity contribution in [3.05, 3.63) is 12.2 Å². The maximum Gasteiger partial charge on any atom is 0.253 e. The molecular formula is C14H23NO5. The minimum atomic E-state index is -0.304. The van der Waals surface area contributed by atoms with Gasteiger partial charge < -0.3 is 9.47 Å². The number of imide groups is 1. The van der Waals surface area contributed by atoms with Crippen LogP contribution in [0.15, 0.2) is 12.2 Å². The highest BCUT2D eigenvalue weighted by atomic mass is 16.5. The van der Waals surface area contributed by atoms with Crippen LogP contribution in [0.5, 0.6) is 0 Å². The van der Waals surface area contributed by atoms with E-state index in [0.29, 0.717) is 26.2 Å². The lowest BCUT2D eigenvalue weighted by molar-refractivity contribution is -0.137. The van der Waals surface area contributed by atoms with Gasteiger partial charge in [-0.05, 0) is 6.92 Å². The summed E-state index contributed by atoms with van der Waals surface area (Å²) in [5.74, 6) is -0.517. The number of hydrogen-bond acceptors (Lipinski definition) is 5. The monoisotopic (exact) mass is 285 g/mol. The van der Waals surface area contributed by atoms with Crippen LogP contribution in [0.3, 0.4) is 0 Å². The Morgan fingerprint density at radius 1 is 1.00 bits per heavy atom. The molecule has 6 heteroatoms. The minimum absolute atomic E-state index is 0.0921. The number of carbonyl (C=O) groups is 3. The van der Waals surface area contributed by atoms with Crippen LogP contribution in [0, 0.1) is 0 Å². The van der Waals surface area contributed by atoms with E-state index >= 15 is 0 Å². The number of ether oxygens (including phenoxy) is 2. The SMILES string of the molecule is CC.CC(=O)CCOCCOCCN1C(=O)C=CC1=O. The van der Waals surface area contributed by atoms with E-state index in [0.717, 1.165) is 4.90 Å². The quantitative estimate of drug-likeness (QED) is 0.466. The third kappa shape index (κ3) is 7.81. The normalized spacial score (nSPS) is 13.4. The number of carbonyl (C=O) groups excluding carboxylic acids is 3. The fourth-order valence-electron chi connectivity index (χ4n) is 1.35. The summed E-state index contributed by atoms with van der Waals surface area (Å²) >= 11 is 0. The van der Waals surface area contributed by atoms with E-state index in [1.807, 2.05) is 13.8 Å². The van der Waals surface area contributed by atoms with Gasteiger partial charge in [0.2, 0.25) is 0 Å². The second kappa shape index (κ2) is 11.3. The molecule has 0 bridgehead atoms. The van der Waals surface area contributed by atoms with Crippen molar-refractivity contribution in [2.45, 2.75) is 27.2 Å². The molecular weight excluding hydrogens is 262 g/mol. The summed E-state index contributed by atoms with van der Waals surface area (Å²) in [5, 5.41) is 0. The molecule has 1 rings (SSSR count). The van der Waals surface area contributed by atoms with E-state index in [2.05, 4.69) is 0 Å². The Kier molecular flexibility index (Phi) is 10.4. The molecule has 0 fully saturated rings. The summed E-state index contributed by atoms with van der Waals surface area (Å²) in [4.78, 5) is 34.0. The van der Waals surface area contributed by atoms with Gasteiger partial charge in [0.15, 0.2) is 0 Å². The van der Waals surface area contributed by atoms with Gasteiger partial charge in [-0.25, -0.2) is 0 Å². The van der Waals surface area contributed by atoms with E-state index < -0.39 is 0 Å². The Bertz CT molecular complexity index is 333. The molecule has 20 heavy (non-hydrogen) atoms. The Balaban J connectivity index is 0.00000172. The highest BCUT2D eigenvalue weighted by Crippen LogP contribution is 2.02. The van der Waals surface area contributed by atoms with Gasteiger partial charge in [0.25, 0.3) is 11.8 Å². The summed E-state index contributed by atoms with van der Waals surface area (Å²) < 4.78 is 10.4. The lowest BCUT2D eigenvalue weighted by atomic mass is 10.3. The van der Waals surface area contributed by atoms with Crippen LogP contribution in [0.2, 0.25) is 0 Å². The van der Waals surface area contributed by atoms with E-state index in [1.165, 1.54) is 19.1 Å². The molecule has 0 aromatic heterocycles. The van der Waals surface area contributed by atoms with Gasteiger partial charge in [0.05, 0.1) is 33.0 Å². The van der Waals surface area contributed by atoms with Crippen molar-refractivity contribution < 1.29 is 23.9 Å². The predicted octanol–water partition coefficient (Wildman–Crippen LogP) is 0.950. The van der Waals surface area contributed by atoms with Crippen LogP contribution in [0.4, 0.5) is 0 Å². The van der Waals surface area contributed by atoms with Crippen molar-refractivity contribution in [1.82, 2.24) is 4.90 Å². The molecule has 0 aromatic carbocycles. The van der Waals surface area contributed by atoms with E-state index in [4.69, 9.17) is 9.47 Å². The number of Topliss-reactive ketones (excluding diaryl/α,β-unsaturated/α-hetero) is 1. The molecule has 6 nitrogen and oxygen atoms in total. The molecule has 1 aliphatic heterocycles. The zero-order chi connectivity index (χ0) is 15.4. The van der Waals surface area contributed by atoms with E-state index in [9.17, 15) is 14.4 Å². The van der Waals surface area contributed by atoms with Crippen molar-refractivity contribution in [3.8, 4) is 0 Å². The highest BCUT2D eigenvalue weighted by Gasteiger charge is 2.22. The lowest BCUT2D eigenvalue weighted by Gasteiger charge is -2.13. The first-order valence-corrected chi connectivity index (χ1v) is 6.79. The second-order valence-corrected chi connectivity index (χ2v) is 3.84. The zero-order valence-electron chi connectivity index (χ0n) is 12.4. The van der Waals surface area contributed by atoms with Crippen LogP contribution in [0.25, 0.3) is 0 Å². The smallest absolute Gasteiger partial charge is 0.253 e. The number of amides is 2. The largest absolute Gasteiger partial charge is 0.379 e. The van der Waals surface area contributed by atoms with Crippen LogP contribution < -0.4 is 0 Å². The average Bonchev–Trinajstić information content (AvgIpc) is 2.75. The lowest BCUT2D eigenvalue weighted by Crippen LogP contribution is -2.33. The van der Waals surface area contributed by atoms with Gasteiger partial charge in [-0.1, -0.05) is 13.8 Å². The van der Waals surface area contributed by atoms with Crippen molar-refractivity contribution in [2.24, 2.45) is 0 Å². The number of ketones is 1.